The molecule has 1 aromatic heterocycles. The summed E-state index contributed by atoms with van der Waals surface area (Å²) in [7, 11) is 1.51. The zero-order chi connectivity index (χ0) is 18.6. The molecule has 0 atom stereocenters. The van der Waals surface area contributed by atoms with E-state index in [-0.39, 0.29) is 11.3 Å². The lowest BCUT2D eigenvalue weighted by Gasteiger charge is -2.07. The Balaban J connectivity index is 2.24. The van der Waals surface area contributed by atoms with Crippen LogP contribution in [0, 0.1) is 6.92 Å². The number of carboxylic acid groups (broad SMARTS) is 1. The molecule has 2 N–H and O–H groups in total. The van der Waals surface area contributed by atoms with E-state index in [9.17, 15) is 19.5 Å². The first-order valence-electron chi connectivity index (χ1n) is 7.36. The molecule has 0 aliphatic heterocycles. The third kappa shape index (κ3) is 4.35. The number of rotatable bonds is 6. The van der Waals surface area contributed by atoms with E-state index in [1.54, 1.807) is 31.2 Å². The number of benzene rings is 1. The number of allylic oxidation sites excluding steroid dienone is 1. The average molecular weight is 343 g/mol. The fourth-order valence-corrected chi connectivity index (χ4v) is 2.14. The molecule has 0 unspecified atom stereocenters. The number of nitrogens with zero attached hydrogens (tertiary/aromatic N) is 1. The Morgan fingerprint density at radius 3 is 2.68 bits per heavy atom. The summed E-state index contributed by atoms with van der Waals surface area (Å²) in [5.74, 6) is -1.75. The topological polar surface area (TPSA) is 106 Å². The molecule has 2 rings (SSSR count). The molecule has 0 amide bonds. The molecule has 0 radical (unpaired) electrons. The lowest BCUT2D eigenvalue weighted by atomic mass is 10.1. The van der Waals surface area contributed by atoms with E-state index in [1.165, 1.54) is 29.8 Å². The van der Waals surface area contributed by atoms with Crippen LogP contribution in [0.5, 0.6) is 11.5 Å². The number of pyridine rings is 1. The zero-order valence-corrected chi connectivity index (χ0v) is 13.7. The van der Waals surface area contributed by atoms with Gasteiger partial charge in [0.2, 0.25) is 0 Å². The molecule has 0 fully saturated rings. The van der Waals surface area contributed by atoms with E-state index in [0.29, 0.717) is 17.0 Å². The van der Waals surface area contributed by atoms with Crippen molar-refractivity contribution in [3.63, 3.8) is 0 Å². The van der Waals surface area contributed by atoms with Crippen LogP contribution < -0.4 is 10.3 Å². The Hall–Kier alpha value is -3.35. The molecule has 0 aliphatic rings. The van der Waals surface area contributed by atoms with Crippen LogP contribution in [0.25, 0.3) is 6.08 Å². The van der Waals surface area contributed by atoms with Gasteiger partial charge in [-0.3, -0.25) is 9.59 Å². The number of aromatic hydroxyl groups is 1. The summed E-state index contributed by atoms with van der Waals surface area (Å²) in [6, 6.07) is 7.82. The summed E-state index contributed by atoms with van der Waals surface area (Å²) < 4.78 is 6.33. The molecule has 7 heteroatoms. The second-order valence-corrected chi connectivity index (χ2v) is 5.36. The Morgan fingerprint density at radius 1 is 1.28 bits per heavy atom. The maximum absolute atomic E-state index is 12.3. The van der Waals surface area contributed by atoms with Crippen LogP contribution in [-0.4, -0.2) is 33.1 Å². The van der Waals surface area contributed by atoms with E-state index in [2.05, 4.69) is 0 Å². The van der Waals surface area contributed by atoms with Gasteiger partial charge in [-0.1, -0.05) is 18.2 Å². The van der Waals surface area contributed by atoms with Crippen molar-refractivity contribution in [2.75, 3.05) is 6.61 Å². The van der Waals surface area contributed by atoms with E-state index in [1.807, 2.05) is 0 Å². The Morgan fingerprint density at radius 2 is 2.00 bits per heavy atom. The van der Waals surface area contributed by atoms with Gasteiger partial charge in [-0.2, -0.15) is 0 Å². The second-order valence-electron chi connectivity index (χ2n) is 5.36. The molecule has 0 saturated heterocycles. The molecule has 1 aromatic carbocycles. The number of aryl methyl sites for hydroxylation is 1. The maximum atomic E-state index is 12.3. The van der Waals surface area contributed by atoms with Gasteiger partial charge in [0.1, 0.15) is 17.1 Å². The van der Waals surface area contributed by atoms with E-state index in [4.69, 9.17) is 9.84 Å². The minimum Gasteiger partial charge on any atom is -0.507 e. The fraction of sp³-hybridized carbons (Fsp3) is 0.167. The van der Waals surface area contributed by atoms with E-state index < -0.39 is 23.9 Å². The number of ketones is 1. The van der Waals surface area contributed by atoms with Crippen molar-refractivity contribution in [1.29, 1.82) is 0 Å². The van der Waals surface area contributed by atoms with Gasteiger partial charge in [-0.15, -0.1) is 0 Å². The largest absolute Gasteiger partial charge is 0.507 e. The molecule has 0 saturated carbocycles. The molecule has 0 spiro atoms. The Bertz CT molecular complexity index is 910. The lowest BCUT2D eigenvalue weighted by Crippen LogP contribution is -2.25. The number of carbonyl (C=O) groups is 2. The summed E-state index contributed by atoms with van der Waals surface area (Å²) in [6.45, 7) is 1.17. The Labute approximate surface area is 143 Å². The molecular formula is C18H17NO6. The van der Waals surface area contributed by atoms with Crippen LogP contribution in [0.15, 0.2) is 41.2 Å². The van der Waals surface area contributed by atoms with Gasteiger partial charge < -0.3 is 19.5 Å². The van der Waals surface area contributed by atoms with Crippen molar-refractivity contribution in [1.82, 2.24) is 4.57 Å². The highest BCUT2D eigenvalue weighted by molar-refractivity contribution is 6.08. The molecule has 1 heterocycles. The van der Waals surface area contributed by atoms with Gasteiger partial charge >= 0.3 is 5.97 Å². The molecule has 0 bridgehead atoms. The molecule has 0 aliphatic carbocycles. The van der Waals surface area contributed by atoms with Gasteiger partial charge in [0.25, 0.3) is 5.56 Å². The van der Waals surface area contributed by atoms with Gasteiger partial charge in [0.15, 0.2) is 12.4 Å². The number of ether oxygens (including phenoxy) is 1. The smallest absolute Gasteiger partial charge is 0.341 e. The summed E-state index contributed by atoms with van der Waals surface area (Å²) in [5.41, 5.74) is 0.235. The number of aliphatic carboxylic acids is 1. The first-order chi connectivity index (χ1) is 11.8. The highest BCUT2D eigenvalue weighted by Gasteiger charge is 2.16. The molecule has 25 heavy (non-hydrogen) atoms. The summed E-state index contributed by atoms with van der Waals surface area (Å²) in [5, 5.41) is 18.5. The number of carbonyl (C=O) groups excluding carboxylic acids is 1. The highest BCUT2D eigenvalue weighted by Crippen LogP contribution is 2.17. The van der Waals surface area contributed by atoms with Crippen molar-refractivity contribution in [3.05, 3.63) is 63.6 Å². The standard InChI is InChI=1S/C18H17NO6/c1-11-8-15(21)17(18(24)19(11)2)14(20)7-6-12-4-3-5-13(9-12)25-10-16(22)23/h3-9,21H,10H2,1-2H3,(H,22,23)/b7-6+. The van der Waals surface area contributed by atoms with Crippen LogP contribution >= 0.6 is 0 Å². The SMILES string of the molecule is Cc1cc(O)c(C(=O)/C=C/c2cccc(OCC(=O)O)c2)c(=O)n1C. The minimum absolute atomic E-state index is 0.303. The predicted octanol–water partition coefficient (Wildman–Crippen LogP) is 1.76. The number of aromatic nitrogens is 1. The van der Waals surface area contributed by atoms with Crippen LogP contribution in [0.4, 0.5) is 0 Å². The van der Waals surface area contributed by atoms with Crippen molar-refractivity contribution >= 4 is 17.8 Å². The summed E-state index contributed by atoms with van der Waals surface area (Å²) in [4.78, 5) is 34.9. The van der Waals surface area contributed by atoms with Gasteiger partial charge in [-0.25, -0.2) is 4.79 Å². The lowest BCUT2D eigenvalue weighted by molar-refractivity contribution is -0.139. The van der Waals surface area contributed by atoms with Crippen molar-refractivity contribution in [3.8, 4) is 11.5 Å². The molecule has 7 nitrogen and oxygen atoms in total. The minimum atomic E-state index is -1.10. The number of hydrogen-bond acceptors (Lipinski definition) is 5. The second kappa shape index (κ2) is 7.48. The average Bonchev–Trinajstić information content (AvgIpc) is 2.56. The fourth-order valence-electron chi connectivity index (χ4n) is 2.14. The molecule has 2 aromatic rings. The van der Waals surface area contributed by atoms with Gasteiger partial charge in [0, 0.05) is 18.8 Å². The zero-order valence-electron chi connectivity index (χ0n) is 13.7. The molecule has 130 valence electrons. The quantitative estimate of drug-likeness (QED) is 0.611. The first kappa shape index (κ1) is 18.0. The number of hydrogen-bond donors (Lipinski definition) is 2. The predicted molar refractivity (Wildman–Crippen MR) is 91.0 cm³/mol. The van der Waals surface area contributed by atoms with E-state index in [0.717, 1.165) is 0 Å². The highest BCUT2D eigenvalue weighted by atomic mass is 16.5. The van der Waals surface area contributed by atoms with Gasteiger partial charge in [-0.05, 0) is 30.7 Å². The van der Waals surface area contributed by atoms with Crippen LogP contribution in [-0.2, 0) is 11.8 Å². The van der Waals surface area contributed by atoms with Crippen molar-refractivity contribution < 1.29 is 24.5 Å². The maximum Gasteiger partial charge on any atom is 0.341 e. The van der Waals surface area contributed by atoms with Crippen molar-refractivity contribution in [2.24, 2.45) is 7.05 Å². The third-order valence-electron chi connectivity index (χ3n) is 3.54. The normalized spacial score (nSPS) is 10.8. The number of carboxylic acids is 1. The van der Waals surface area contributed by atoms with Crippen LogP contribution in [0.3, 0.4) is 0 Å². The molecular weight excluding hydrogens is 326 g/mol. The van der Waals surface area contributed by atoms with Crippen LogP contribution in [0.2, 0.25) is 0 Å². The van der Waals surface area contributed by atoms with Crippen molar-refractivity contribution in [2.45, 2.75) is 6.92 Å². The first-order valence-corrected chi connectivity index (χ1v) is 7.36. The summed E-state index contributed by atoms with van der Waals surface area (Å²) >= 11 is 0. The monoisotopic (exact) mass is 343 g/mol. The van der Waals surface area contributed by atoms with Crippen LogP contribution in [0.1, 0.15) is 21.6 Å². The summed E-state index contributed by atoms with van der Waals surface area (Å²) in [6.07, 6.45) is 2.62. The Kier molecular flexibility index (Phi) is 5.38. The third-order valence-corrected chi connectivity index (χ3v) is 3.54. The van der Waals surface area contributed by atoms with E-state index >= 15 is 0 Å². The van der Waals surface area contributed by atoms with Gasteiger partial charge in [0.05, 0.1) is 0 Å².